The Morgan fingerprint density at radius 1 is 0.966 bits per heavy atom. The molecule has 0 atom stereocenters. The van der Waals surface area contributed by atoms with Gasteiger partial charge in [-0.2, -0.15) is 0 Å². The van der Waals surface area contributed by atoms with Crippen molar-refractivity contribution in [2.24, 2.45) is 0 Å². The van der Waals surface area contributed by atoms with Crippen LogP contribution in [-0.2, 0) is 10.0 Å². The topological polar surface area (TPSA) is 88.2 Å². The standard InChI is InChI=1S/C19H14Cl3N3O3S/c1-11-5-6-13(23-19(26)18-15(21)7-8-17(22)24-18)10-16(11)29(27,28)25-14-4-2-3-12(20)9-14/h2-10,25H,1H3,(H,23,26). The minimum atomic E-state index is -3.92. The monoisotopic (exact) mass is 469 g/mol. The van der Waals surface area contributed by atoms with Crippen molar-refractivity contribution in [3.05, 3.63) is 81.1 Å². The highest BCUT2D eigenvalue weighted by atomic mass is 35.5. The molecule has 0 radical (unpaired) electrons. The lowest BCUT2D eigenvalue weighted by molar-refractivity contribution is 0.102. The number of carbonyl (C=O) groups is 1. The number of anilines is 2. The van der Waals surface area contributed by atoms with Crippen molar-refractivity contribution < 1.29 is 13.2 Å². The number of hydrogen-bond donors (Lipinski definition) is 2. The molecule has 3 rings (SSSR count). The molecule has 0 bridgehead atoms. The van der Waals surface area contributed by atoms with Crippen LogP contribution in [0, 0.1) is 6.92 Å². The molecule has 0 aliphatic carbocycles. The maximum Gasteiger partial charge on any atom is 0.275 e. The van der Waals surface area contributed by atoms with Crippen molar-refractivity contribution in [1.82, 2.24) is 4.98 Å². The van der Waals surface area contributed by atoms with E-state index in [1.54, 1.807) is 37.3 Å². The first-order valence-corrected chi connectivity index (χ1v) is 10.8. The molecular weight excluding hydrogens is 457 g/mol. The summed E-state index contributed by atoms with van der Waals surface area (Å²) < 4.78 is 28.1. The van der Waals surface area contributed by atoms with Crippen LogP contribution in [0.25, 0.3) is 0 Å². The lowest BCUT2D eigenvalue weighted by Crippen LogP contribution is -2.17. The van der Waals surface area contributed by atoms with Gasteiger partial charge in [0.2, 0.25) is 0 Å². The second-order valence-electron chi connectivity index (χ2n) is 6.01. The Labute approximate surface area is 182 Å². The van der Waals surface area contributed by atoms with Gasteiger partial charge in [-0.15, -0.1) is 0 Å². The van der Waals surface area contributed by atoms with Crippen molar-refractivity contribution >= 4 is 62.1 Å². The number of benzene rings is 2. The highest BCUT2D eigenvalue weighted by Gasteiger charge is 2.19. The number of nitrogens with one attached hydrogen (secondary N) is 2. The fraction of sp³-hybridized carbons (Fsp3) is 0.0526. The molecule has 3 aromatic rings. The Kier molecular flexibility index (Phi) is 6.33. The highest BCUT2D eigenvalue weighted by Crippen LogP contribution is 2.25. The summed E-state index contributed by atoms with van der Waals surface area (Å²) in [6.45, 7) is 1.65. The fourth-order valence-electron chi connectivity index (χ4n) is 2.50. The van der Waals surface area contributed by atoms with Crippen molar-refractivity contribution in [3.63, 3.8) is 0 Å². The first-order valence-electron chi connectivity index (χ1n) is 8.18. The summed E-state index contributed by atoms with van der Waals surface area (Å²) >= 11 is 17.7. The number of rotatable bonds is 5. The zero-order valence-corrected chi connectivity index (χ0v) is 18.0. The third kappa shape index (κ3) is 5.19. The van der Waals surface area contributed by atoms with Crippen LogP contribution in [0.4, 0.5) is 11.4 Å². The van der Waals surface area contributed by atoms with Crippen LogP contribution in [0.2, 0.25) is 15.2 Å². The number of nitrogens with zero attached hydrogens (tertiary/aromatic N) is 1. The largest absolute Gasteiger partial charge is 0.321 e. The molecule has 150 valence electrons. The van der Waals surface area contributed by atoms with Crippen LogP contribution in [0.15, 0.2) is 59.5 Å². The molecule has 1 amide bonds. The van der Waals surface area contributed by atoms with Gasteiger partial charge in [0, 0.05) is 10.7 Å². The third-order valence-electron chi connectivity index (χ3n) is 3.84. The molecule has 0 spiro atoms. The normalized spacial score (nSPS) is 11.2. The van der Waals surface area contributed by atoms with Gasteiger partial charge in [-0.1, -0.05) is 46.9 Å². The average molecular weight is 471 g/mol. The third-order valence-corrected chi connectivity index (χ3v) is 6.11. The predicted molar refractivity (Wildman–Crippen MR) is 116 cm³/mol. The maximum atomic E-state index is 12.8. The fourth-order valence-corrected chi connectivity index (χ4v) is 4.35. The van der Waals surface area contributed by atoms with Crippen LogP contribution >= 0.6 is 34.8 Å². The van der Waals surface area contributed by atoms with Gasteiger partial charge in [0.1, 0.15) is 10.8 Å². The summed E-state index contributed by atoms with van der Waals surface area (Å²) in [5.41, 5.74) is 1.00. The van der Waals surface area contributed by atoms with Crippen LogP contribution in [0.3, 0.4) is 0 Å². The predicted octanol–water partition coefficient (Wildman–Crippen LogP) is 5.40. The quantitative estimate of drug-likeness (QED) is 0.488. The molecule has 29 heavy (non-hydrogen) atoms. The molecule has 0 unspecified atom stereocenters. The Bertz CT molecular complexity index is 1200. The van der Waals surface area contributed by atoms with E-state index in [-0.39, 0.29) is 26.5 Å². The summed E-state index contributed by atoms with van der Waals surface area (Å²) in [5, 5.41) is 3.21. The molecule has 6 nitrogen and oxygen atoms in total. The van der Waals surface area contributed by atoms with E-state index in [0.717, 1.165) is 0 Å². The van der Waals surface area contributed by atoms with E-state index in [9.17, 15) is 13.2 Å². The van der Waals surface area contributed by atoms with E-state index in [0.29, 0.717) is 16.3 Å². The van der Waals surface area contributed by atoms with Crippen LogP contribution in [0.5, 0.6) is 0 Å². The number of pyridine rings is 1. The Morgan fingerprint density at radius 2 is 1.72 bits per heavy atom. The molecule has 0 saturated heterocycles. The SMILES string of the molecule is Cc1ccc(NC(=O)c2nc(Cl)ccc2Cl)cc1S(=O)(=O)Nc1cccc(Cl)c1. The van der Waals surface area contributed by atoms with Crippen LogP contribution in [0.1, 0.15) is 16.1 Å². The molecule has 1 heterocycles. The number of halogens is 3. The zero-order valence-electron chi connectivity index (χ0n) is 14.9. The van der Waals surface area contributed by atoms with Crippen LogP contribution < -0.4 is 10.0 Å². The minimum Gasteiger partial charge on any atom is -0.321 e. The minimum absolute atomic E-state index is 0.000394. The van der Waals surface area contributed by atoms with Gasteiger partial charge < -0.3 is 5.32 Å². The molecule has 0 saturated carbocycles. The summed E-state index contributed by atoms with van der Waals surface area (Å²) in [4.78, 5) is 16.4. The second kappa shape index (κ2) is 8.59. The van der Waals surface area contributed by atoms with E-state index in [1.807, 2.05) is 0 Å². The molecule has 1 aromatic heterocycles. The van der Waals surface area contributed by atoms with Gasteiger partial charge in [-0.3, -0.25) is 9.52 Å². The number of carbonyl (C=O) groups excluding carboxylic acids is 1. The van der Waals surface area contributed by atoms with Crippen molar-refractivity contribution in [3.8, 4) is 0 Å². The molecule has 2 aromatic carbocycles. The number of sulfonamides is 1. The zero-order chi connectivity index (χ0) is 21.2. The lowest BCUT2D eigenvalue weighted by Gasteiger charge is -2.13. The summed E-state index contributed by atoms with van der Waals surface area (Å²) in [7, 11) is -3.92. The van der Waals surface area contributed by atoms with Gasteiger partial charge in [-0.05, 0) is 55.0 Å². The molecule has 0 aliphatic rings. The van der Waals surface area contributed by atoms with Crippen molar-refractivity contribution in [2.45, 2.75) is 11.8 Å². The van der Waals surface area contributed by atoms with Gasteiger partial charge in [0.15, 0.2) is 0 Å². The molecule has 0 aliphatic heterocycles. The first-order chi connectivity index (χ1) is 13.7. The van der Waals surface area contributed by atoms with E-state index in [1.165, 1.54) is 24.3 Å². The number of hydrogen-bond acceptors (Lipinski definition) is 4. The Hall–Kier alpha value is -2.32. The van der Waals surface area contributed by atoms with Crippen molar-refractivity contribution in [1.29, 1.82) is 0 Å². The number of amides is 1. The van der Waals surface area contributed by atoms with Crippen LogP contribution in [-0.4, -0.2) is 19.3 Å². The summed E-state index contributed by atoms with van der Waals surface area (Å²) in [5.74, 6) is -0.618. The first kappa shape index (κ1) is 21.4. The molecule has 2 N–H and O–H groups in total. The molecular formula is C19H14Cl3N3O3S. The van der Waals surface area contributed by atoms with Gasteiger partial charge in [0.25, 0.3) is 15.9 Å². The van der Waals surface area contributed by atoms with E-state index >= 15 is 0 Å². The lowest BCUT2D eigenvalue weighted by atomic mass is 10.2. The summed E-state index contributed by atoms with van der Waals surface area (Å²) in [6, 6.07) is 13.7. The Morgan fingerprint density at radius 3 is 2.45 bits per heavy atom. The molecule has 10 heteroatoms. The Balaban J connectivity index is 1.89. The molecule has 0 fully saturated rings. The summed E-state index contributed by atoms with van der Waals surface area (Å²) in [6.07, 6.45) is 0. The average Bonchev–Trinajstić information content (AvgIpc) is 2.64. The van der Waals surface area contributed by atoms with Crippen molar-refractivity contribution in [2.75, 3.05) is 10.0 Å². The number of aryl methyl sites for hydroxylation is 1. The van der Waals surface area contributed by atoms with E-state index in [4.69, 9.17) is 34.8 Å². The number of aromatic nitrogens is 1. The van der Waals surface area contributed by atoms with E-state index in [2.05, 4.69) is 15.0 Å². The smallest absolute Gasteiger partial charge is 0.275 e. The van der Waals surface area contributed by atoms with Gasteiger partial charge >= 0.3 is 0 Å². The second-order valence-corrected chi connectivity index (χ2v) is 8.90. The maximum absolute atomic E-state index is 12.8. The van der Waals surface area contributed by atoms with Gasteiger partial charge in [-0.25, -0.2) is 13.4 Å². The van der Waals surface area contributed by atoms with E-state index < -0.39 is 15.9 Å². The highest BCUT2D eigenvalue weighted by molar-refractivity contribution is 7.92. The van der Waals surface area contributed by atoms with Gasteiger partial charge in [0.05, 0.1) is 15.6 Å².